The van der Waals surface area contributed by atoms with E-state index < -0.39 is 29.8 Å². The van der Waals surface area contributed by atoms with E-state index in [0.717, 1.165) is 23.7 Å². The number of fused-ring (bicyclic) bond motifs is 1. The molecule has 0 bridgehead atoms. The van der Waals surface area contributed by atoms with Gasteiger partial charge in [-0.25, -0.2) is 18.7 Å². The Morgan fingerprint density at radius 2 is 1.79 bits per heavy atom. The summed E-state index contributed by atoms with van der Waals surface area (Å²) >= 11 is 0. The molecule has 1 saturated heterocycles. The van der Waals surface area contributed by atoms with Gasteiger partial charge in [-0.05, 0) is 43.9 Å². The number of hydrogen-bond acceptors (Lipinski definition) is 7. The molecule has 7 nitrogen and oxygen atoms in total. The van der Waals surface area contributed by atoms with Crippen LogP contribution in [0.15, 0.2) is 24.5 Å². The topological polar surface area (TPSA) is 81.6 Å². The number of hydrogen-bond donors (Lipinski definition) is 2. The average Bonchev–Trinajstić information content (AvgIpc) is 3.06. The minimum Gasteiger partial charge on any atom is -0.387 e. The zero-order valence-corrected chi connectivity index (χ0v) is 19.2. The number of benzene rings is 1. The molecule has 0 saturated carbocycles. The third kappa shape index (κ3) is 4.90. The normalized spacial score (nSPS) is 22.9. The van der Waals surface area contributed by atoms with Crippen molar-refractivity contribution in [2.75, 3.05) is 31.1 Å². The van der Waals surface area contributed by atoms with E-state index >= 15 is 0 Å². The molecule has 0 amide bonds. The van der Waals surface area contributed by atoms with Crippen LogP contribution in [0, 0.1) is 11.6 Å². The maximum absolute atomic E-state index is 13.9. The van der Waals surface area contributed by atoms with Crippen molar-refractivity contribution in [2.24, 2.45) is 0 Å². The lowest BCUT2D eigenvalue weighted by Crippen LogP contribution is -2.58. The van der Waals surface area contributed by atoms with Crippen molar-refractivity contribution in [1.29, 1.82) is 0 Å². The highest BCUT2D eigenvalue weighted by atomic mass is 19.1. The molecule has 2 heterocycles. The molecule has 1 aliphatic heterocycles. The van der Waals surface area contributed by atoms with Crippen LogP contribution >= 0.6 is 0 Å². The number of rotatable bonds is 7. The summed E-state index contributed by atoms with van der Waals surface area (Å²) < 4.78 is 27.7. The lowest BCUT2D eigenvalue weighted by molar-refractivity contribution is -0.111. The SMILES string of the molecule is CC(C)NC(C(C=O)c1cc(F)cc(F)c1)N1CCN(c2ncnc3c2[C@H](C)C[C@H]3O)CC1. The maximum Gasteiger partial charge on any atom is 0.135 e. The van der Waals surface area contributed by atoms with Gasteiger partial charge in [0.15, 0.2) is 0 Å². The van der Waals surface area contributed by atoms with E-state index in [0.29, 0.717) is 43.9 Å². The van der Waals surface area contributed by atoms with Crippen molar-refractivity contribution in [1.82, 2.24) is 20.2 Å². The molecule has 1 aliphatic carbocycles. The largest absolute Gasteiger partial charge is 0.387 e. The zero-order chi connectivity index (χ0) is 23.7. The van der Waals surface area contributed by atoms with Crippen molar-refractivity contribution in [3.05, 3.63) is 53.0 Å². The Bertz CT molecular complexity index is 977. The first kappa shape index (κ1) is 23.7. The molecule has 1 aromatic heterocycles. The van der Waals surface area contributed by atoms with Crippen LogP contribution in [0.5, 0.6) is 0 Å². The highest BCUT2D eigenvalue weighted by Crippen LogP contribution is 2.42. The Hall–Kier alpha value is -2.49. The summed E-state index contributed by atoms with van der Waals surface area (Å²) in [5, 5.41) is 13.7. The molecule has 1 aromatic carbocycles. The van der Waals surface area contributed by atoms with E-state index in [1.165, 1.54) is 18.5 Å². The molecule has 4 atom stereocenters. The number of aliphatic hydroxyl groups excluding tert-OH is 1. The molecular formula is C24H31F2N5O2. The molecule has 33 heavy (non-hydrogen) atoms. The van der Waals surface area contributed by atoms with Crippen molar-refractivity contribution >= 4 is 12.1 Å². The number of carbonyl (C=O) groups excluding carboxylic acids is 1. The summed E-state index contributed by atoms with van der Waals surface area (Å²) in [6, 6.07) is 3.34. The first-order valence-corrected chi connectivity index (χ1v) is 11.5. The molecule has 4 rings (SSSR count). The van der Waals surface area contributed by atoms with Crippen LogP contribution in [0.2, 0.25) is 0 Å². The maximum atomic E-state index is 13.9. The van der Waals surface area contributed by atoms with E-state index in [4.69, 9.17) is 0 Å². The molecule has 2 aliphatic rings. The summed E-state index contributed by atoms with van der Waals surface area (Å²) in [4.78, 5) is 25.3. The van der Waals surface area contributed by atoms with Crippen molar-refractivity contribution in [3.63, 3.8) is 0 Å². The number of nitrogens with one attached hydrogen (secondary N) is 1. The number of aliphatic hydroxyl groups is 1. The fraction of sp³-hybridized carbons (Fsp3) is 0.542. The minimum absolute atomic E-state index is 0.0707. The predicted octanol–water partition coefficient (Wildman–Crippen LogP) is 2.72. The summed E-state index contributed by atoms with van der Waals surface area (Å²) in [6.45, 7) is 8.66. The Kier molecular flexibility index (Phi) is 7.02. The summed E-state index contributed by atoms with van der Waals surface area (Å²) in [7, 11) is 0. The van der Waals surface area contributed by atoms with Gasteiger partial charge >= 0.3 is 0 Å². The summed E-state index contributed by atoms with van der Waals surface area (Å²) in [5.41, 5.74) is 2.04. The molecule has 0 radical (unpaired) electrons. The second-order valence-corrected chi connectivity index (χ2v) is 9.30. The summed E-state index contributed by atoms with van der Waals surface area (Å²) in [5.74, 6) is -1.07. The third-order valence-electron chi connectivity index (χ3n) is 6.55. The standard InChI is InChI=1S/C24H31F2N5O2/c1-14(2)29-23(19(12-32)16-9-17(25)11-18(26)10-16)30-4-6-31(7-5-30)24-21-15(3)8-20(33)22(21)27-13-28-24/h9-15,19-20,23,29,33H,4-8H2,1-3H3/t15-,19?,20-,23?/m1/s1. The first-order valence-electron chi connectivity index (χ1n) is 11.5. The van der Waals surface area contributed by atoms with E-state index in [1.807, 2.05) is 13.8 Å². The van der Waals surface area contributed by atoms with Gasteiger partial charge in [-0.1, -0.05) is 6.92 Å². The Balaban J connectivity index is 1.55. The highest BCUT2D eigenvalue weighted by Gasteiger charge is 2.36. The van der Waals surface area contributed by atoms with Crippen LogP contribution < -0.4 is 10.2 Å². The van der Waals surface area contributed by atoms with Gasteiger partial charge in [0.05, 0.1) is 23.9 Å². The van der Waals surface area contributed by atoms with E-state index in [1.54, 1.807) is 0 Å². The molecule has 2 unspecified atom stereocenters. The molecule has 0 spiro atoms. The van der Waals surface area contributed by atoms with Gasteiger partial charge in [0, 0.05) is 43.9 Å². The number of carbonyl (C=O) groups is 1. The first-order chi connectivity index (χ1) is 15.8. The Morgan fingerprint density at radius 1 is 1.12 bits per heavy atom. The molecular weight excluding hydrogens is 428 g/mol. The number of piperazine rings is 1. The van der Waals surface area contributed by atoms with Crippen molar-refractivity contribution < 1.29 is 18.7 Å². The fourth-order valence-electron chi connectivity index (χ4n) is 5.05. The van der Waals surface area contributed by atoms with E-state index in [-0.39, 0.29) is 12.0 Å². The van der Waals surface area contributed by atoms with Crippen LogP contribution in [0.3, 0.4) is 0 Å². The number of anilines is 1. The number of nitrogens with zero attached hydrogens (tertiary/aromatic N) is 4. The van der Waals surface area contributed by atoms with Crippen molar-refractivity contribution in [2.45, 2.75) is 57.3 Å². The molecule has 2 aromatic rings. The molecule has 2 N–H and O–H groups in total. The quantitative estimate of drug-likeness (QED) is 0.616. The van der Waals surface area contributed by atoms with Gasteiger partial charge in [-0.3, -0.25) is 10.2 Å². The third-order valence-corrected chi connectivity index (χ3v) is 6.55. The van der Waals surface area contributed by atoms with Crippen LogP contribution in [-0.4, -0.2) is 64.6 Å². The number of aldehydes is 1. The highest BCUT2D eigenvalue weighted by molar-refractivity contribution is 5.63. The van der Waals surface area contributed by atoms with E-state index in [2.05, 4.69) is 32.0 Å². The van der Waals surface area contributed by atoms with Crippen LogP contribution in [0.1, 0.15) is 62.0 Å². The Morgan fingerprint density at radius 3 is 2.39 bits per heavy atom. The zero-order valence-electron chi connectivity index (χ0n) is 19.2. The van der Waals surface area contributed by atoms with Crippen LogP contribution in [-0.2, 0) is 4.79 Å². The number of halogens is 2. The van der Waals surface area contributed by atoms with Crippen LogP contribution in [0.25, 0.3) is 0 Å². The van der Waals surface area contributed by atoms with Gasteiger partial charge in [0.25, 0.3) is 0 Å². The van der Waals surface area contributed by atoms with E-state index in [9.17, 15) is 18.7 Å². The fourth-order valence-corrected chi connectivity index (χ4v) is 5.05. The molecule has 9 heteroatoms. The van der Waals surface area contributed by atoms with Gasteiger partial charge in [0.1, 0.15) is 30.1 Å². The van der Waals surface area contributed by atoms with Gasteiger partial charge < -0.3 is 14.8 Å². The van der Waals surface area contributed by atoms with Crippen LogP contribution in [0.4, 0.5) is 14.6 Å². The summed E-state index contributed by atoms with van der Waals surface area (Å²) in [6.07, 6.45) is 1.96. The second kappa shape index (κ2) is 9.79. The second-order valence-electron chi connectivity index (χ2n) is 9.30. The van der Waals surface area contributed by atoms with Crippen molar-refractivity contribution in [3.8, 4) is 0 Å². The molecule has 178 valence electrons. The lowest BCUT2D eigenvalue weighted by Gasteiger charge is -2.43. The average molecular weight is 460 g/mol. The Labute approximate surface area is 192 Å². The number of aromatic nitrogens is 2. The lowest BCUT2D eigenvalue weighted by atomic mass is 9.95. The smallest absolute Gasteiger partial charge is 0.135 e. The predicted molar refractivity (Wildman–Crippen MR) is 121 cm³/mol. The van der Waals surface area contributed by atoms with Gasteiger partial charge in [-0.2, -0.15) is 0 Å². The van der Waals surface area contributed by atoms with Gasteiger partial charge in [0.2, 0.25) is 0 Å². The molecule has 1 fully saturated rings. The monoisotopic (exact) mass is 459 g/mol. The van der Waals surface area contributed by atoms with Gasteiger partial charge in [-0.15, -0.1) is 0 Å². The minimum atomic E-state index is -0.720.